The van der Waals surface area contributed by atoms with Gasteiger partial charge in [0.25, 0.3) is 10.2 Å². The van der Waals surface area contributed by atoms with Crippen LogP contribution in [-0.4, -0.2) is 42.9 Å². The molecule has 0 bridgehead atoms. The van der Waals surface area contributed by atoms with Crippen LogP contribution in [0.25, 0.3) is 0 Å². The lowest BCUT2D eigenvalue weighted by Crippen LogP contribution is -2.49. The number of nitriles is 1. The highest BCUT2D eigenvalue weighted by atomic mass is 32.2. The van der Waals surface area contributed by atoms with Gasteiger partial charge in [-0.15, -0.1) is 0 Å². The van der Waals surface area contributed by atoms with E-state index in [2.05, 4.69) is 4.72 Å². The number of aliphatic carboxylic acids is 1. The van der Waals surface area contributed by atoms with Crippen LogP contribution in [0.4, 0.5) is 0 Å². The maximum atomic E-state index is 12.1. The van der Waals surface area contributed by atoms with E-state index in [1.54, 1.807) is 6.92 Å². The smallest absolute Gasteiger partial charge is 0.307 e. The Bertz CT molecular complexity index is 457. The van der Waals surface area contributed by atoms with E-state index in [0.717, 1.165) is 4.31 Å². The van der Waals surface area contributed by atoms with Crippen molar-refractivity contribution in [1.29, 1.82) is 5.26 Å². The Labute approximate surface area is 113 Å². The van der Waals surface area contributed by atoms with E-state index in [9.17, 15) is 13.2 Å². The maximum absolute atomic E-state index is 12.1. The molecule has 0 radical (unpaired) electrons. The Morgan fingerprint density at radius 3 is 2.84 bits per heavy atom. The summed E-state index contributed by atoms with van der Waals surface area (Å²) in [5.41, 5.74) is 0. The summed E-state index contributed by atoms with van der Waals surface area (Å²) in [6.07, 6.45) is 1.65. The predicted octanol–water partition coefficient (Wildman–Crippen LogP) is 0.310. The fraction of sp³-hybridized carbons (Fsp3) is 0.818. The zero-order valence-corrected chi connectivity index (χ0v) is 11.7. The van der Waals surface area contributed by atoms with E-state index in [1.807, 2.05) is 6.07 Å². The molecule has 1 aliphatic rings. The molecule has 1 fully saturated rings. The SMILES string of the molecule is CCC(CC#N)NS(=O)(=O)N1CCCC(C(=O)O)C1. The van der Waals surface area contributed by atoms with Crippen molar-refractivity contribution in [3.63, 3.8) is 0 Å². The summed E-state index contributed by atoms with van der Waals surface area (Å²) in [6.45, 7) is 2.11. The van der Waals surface area contributed by atoms with Crippen LogP contribution in [0, 0.1) is 17.2 Å². The zero-order chi connectivity index (χ0) is 14.5. The Balaban J connectivity index is 2.71. The lowest BCUT2D eigenvalue weighted by molar-refractivity contribution is -0.142. The molecule has 2 N–H and O–H groups in total. The minimum atomic E-state index is -3.71. The second-order valence-electron chi connectivity index (χ2n) is 4.63. The highest BCUT2D eigenvalue weighted by molar-refractivity contribution is 7.87. The first-order chi connectivity index (χ1) is 8.90. The molecule has 19 heavy (non-hydrogen) atoms. The van der Waals surface area contributed by atoms with Crippen molar-refractivity contribution < 1.29 is 18.3 Å². The van der Waals surface area contributed by atoms with Crippen molar-refractivity contribution in [2.24, 2.45) is 5.92 Å². The average molecular weight is 289 g/mol. The number of piperidine rings is 1. The minimum absolute atomic E-state index is 0.00630. The van der Waals surface area contributed by atoms with Crippen molar-refractivity contribution in [2.75, 3.05) is 13.1 Å². The summed E-state index contributed by atoms with van der Waals surface area (Å²) in [5.74, 6) is -1.62. The van der Waals surface area contributed by atoms with Crippen LogP contribution in [0.5, 0.6) is 0 Å². The molecular weight excluding hydrogens is 270 g/mol. The van der Waals surface area contributed by atoms with Gasteiger partial charge in [-0.2, -0.15) is 22.7 Å². The van der Waals surface area contributed by atoms with Gasteiger partial charge >= 0.3 is 5.97 Å². The first-order valence-electron chi connectivity index (χ1n) is 6.27. The molecule has 7 nitrogen and oxygen atoms in total. The lowest BCUT2D eigenvalue weighted by atomic mass is 10.0. The summed E-state index contributed by atoms with van der Waals surface area (Å²) >= 11 is 0. The molecule has 2 unspecified atom stereocenters. The fourth-order valence-corrected chi connectivity index (χ4v) is 3.59. The van der Waals surface area contributed by atoms with Gasteiger partial charge in [0.1, 0.15) is 0 Å². The van der Waals surface area contributed by atoms with Gasteiger partial charge in [-0.3, -0.25) is 4.79 Å². The molecule has 1 saturated heterocycles. The highest BCUT2D eigenvalue weighted by Gasteiger charge is 2.33. The first-order valence-corrected chi connectivity index (χ1v) is 7.71. The summed E-state index contributed by atoms with van der Waals surface area (Å²) < 4.78 is 27.8. The topological polar surface area (TPSA) is 111 Å². The highest BCUT2D eigenvalue weighted by Crippen LogP contribution is 2.19. The molecule has 1 aliphatic heterocycles. The molecule has 108 valence electrons. The summed E-state index contributed by atoms with van der Waals surface area (Å²) in [6, 6.07) is 1.50. The van der Waals surface area contributed by atoms with Crippen molar-refractivity contribution in [3.8, 4) is 6.07 Å². The van der Waals surface area contributed by atoms with Gasteiger partial charge in [0.2, 0.25) is 0 Å². The van der Waals surface area contributed by atoms with E-state index >= 15 is 0 Å². The quantitative estimate of drug-likeness (QED) is 0.731. The number of nitrogens with zero attached hydrogens (tertiary/aromatic N) is 2. The Morgan fingerprint density at radius 2 is 2.32 bits per heavy atom. The Kier molecular flexibility index (Phi) is 5.72. The van der Waals surface area contributed by atoms with E-state index in [-0.39, 0.29) is 13.0 Å². The van der Waals surface area contributed by atoms with Crippen LogP contribution in [-0.2, 0) is 15.0 Å². The predicted molar refractivity (Wildman–Crippen MR) is 68.3 cm³/mol. The van der Waals surface area contributed by atoms with Gasteiger partial charge in [0, 0.05) is 19.1 Å². The molecular formula is C11H19N3O4S. The Morgan fingerprint density at radius 1 is 1.63 bits per heavy atom. The largest absolute Gasteiger partial charge is 0.481 e. The number of rotatable bonds is 6. The second kappa shape index (κ2) is 6.84. The fourth-order valence-electron chi connectivity index (χ4n) is 2.03. The molecule has 1 heterocycles. The van der Waals surface area contributed by atoms with Crippen LogP contribution in [0.3, 0.4) is 0 Å². The third kappa shape index (κ3) is 4.45. The van der Waals surface area contributed by atoms with E-state index < -0.39 is 28.1 Å². The number of carbonyl (C=O) groups is 1. The number of nitrogens with one attached hydrogen (secondary N) is 1. The molecule has 0 aliphatic carbocycles. The van der Waals surface area contributed by atoms with Crippen molar-refractivity contribution >= 4 is 16.2 Å². The first kappa shape index (κ1) is 15.9. The van der Waals surface area contributed by atoms with Crippen LogP contribution in [0.15, 0.2) is 0 Å². The maximum Gasteiger partial charge on any atom is 0.307 e. The molecule has 0 saturated carbocycles. The van der Waals surface area contributed by atoms with Crippen LogP contribution in [0.1, 0.15) is 32.6 Å². The molecule has 2 atom stereocenters. The van der Waals surface area contributed by atoms with Gasteiger partial charge in [0.05, 0.1) is 18.4 Å². The standard InChI is InChI=1S/C11H19N3O4S/c1-2-10(5-6-12)13-19(17,18)14-7-3-4-9(8-14)11(15)16/h9-10,13H,2-5,7-8H2,1H3,(H,15,16). The van der Waals surface area contributed by atoms with E-state index in [4.69, 9.17) is 10.4 Å². The van der Waals surface area contributed by atoms with Crippen LogP contribution >= 0.6 is 0 Å². The number of carboxylic acids is 1. The summed E-state index contributed by atoms with van der Waals surface area (Å²) in [4.78, 5) is 10.9. The second-order valence-corrected chi connectivity index (χ2v) is 6.33. The average Bonchev–Trinajstić information content (AvgIpc) is 2.38. The number of hydrogen-bond acceptors (Lipinski definition) is 4. The molecule has 0 spiro atoms. The molecule has 8 heteroatoms. The van der Waals surface area contributed by atoms with E-state index in [0.29, 0.717) is 25.8 Å². The van der Waals surface area contributed by atoms with Crippen molar-refractivity contribution in [2.45, 2.75) is 38.6 Å². The third-order valence-electron chi connectivity index (χ3n) is 3.22. The van der Waals surface area contributed by atoms with Crippen molar-refractivity contribution in [3.05, 3.63) is 0 Å². The van der Waals surface area contributed by atoms with Gasteiger partial charge in [-0.1, -0.05) is 6.92 Å². The van der Waals surface area contributed by atoms with E-state index in [1.165, 1.54) is 0 Å². The number of carboxylic acid groups (broad SMARTS) is 1. The van der Waals surface area contributed by atoms with Crippen molar-refractivity contribution in [1.82, 2.24) is 9.03 Å². The third-order valence-corrected chi connectivity index (χ3v) is 4.86. The molecule has 0 aromatic rings. The van der Waals surface area contributed by atoms with Gasteiger partial charge in [-0.25, -0.2) is 0 Å². The minimum Gasteiger partial charge on any atom is -0.481 e. The lowest BCUT2D eigenvalue weighted by Gasteiger charge is -2.31. The van der Waals surface area contributed by atoms with Gasteiger partial charge in [0.15, 0.2) is 0 Å². The van der Waals surface area contributed by atoms with Crippen LogP contribution in [0.2, 0.25) is 0 Å². The number of hydrogen-bond donors (Lipinski definition) is 2. The zero-order valence-electron chi connectivity index (χ0n) is 10.9. The Hall–Kier alpha value is -1.17. The molecule has 1 rings (SSSR count). The molecule has 0 aromatic carbocycles. The van der Waals surface area contributed by atoms with Gasteiger partial charge in [-0.05, 0) is 19.3 Å². The normalized spacial score (nSPS) is 22.6. The monoisotopic (exact) mass is 289 g/mol. The molecule has 0 aromatic heterocycles. The summed E-state index contributed by atoms with van der Waals surface area (Å²) in [5, 5.41) is 17.6. The summed E-state index contributed by atoms with van der Waals surface area (Å²) in [7, 11) is -3.71. The van der Waals surface area contributed by atoms with Crippen LogP contribution < -0.4 is 4.72 Å². The molecule has 0 amide bonds. The van der Waals surface area contributed by atoms with Gasteiger partial charge < -0.3 is 5.11 Å².